The average molecular weight is 365 g/mol. The molecule has 4 rings (SSSR count). The summed E-state index contributed by atoms with van der Waals surface area (Å²) >= 11 is 1.54. The molecule has 3 aromatic rings. The molecule has 8 heteroatoms. The number of hydrogen-bond donors (Lipinski definition) is 1. The van der Waals surface area contributed by atoms with Crippen LogP contribution in [-0.4, -0.2) is 22.2 Å². The predicted octanol–water partition coefficient (Wildman–Crippen LogP) is 3.63. The zero-order valence-electron chi connectivity index (χ0n) is 13.1. The average Bonchev–Trinajstić information content (AvgIpc) is 3.22. The Morgan fingerprint density at radius 1 is 1.21 bits per heavy atom. The van der Waals surface area contributed by atoms with Crippen LogP contribution in [0.3, 0.4) is 0 Å². The van der Waals surface area contributed by atoms with Crippen molar-refractivity contribution in [2.45, 2.75) is 24.8 Å². The molecule has 2 aromatic heterocycles. The first-order valence-corrected chi connectivity index (χ1v) is 8.29. The Morgan fingerprint density at radius 3 is 2.58 bits per heavy atom. The number of benzene rings is 1. The molecule has 1 fully saturated rings. The fraction of sp³-hybridized carbons (Fsp3) is 0.312. The fourth-order valence-electron chi connectivity index (χ4n) is 2.55. The molecule has 0 saturated heterocycles. The van der Waals surface area contributed by atoms with Gasteiger partial charge in [-0.1, -0.05) is 5.16 Å². The Morgan fingerprint density at radius 2 is 1.96 bits per heavy atom. The summed E-state index contributed by atoms with van der Waals surface area (Å²) < 4.78 is 10.5. The number of thiazole rings is 1. The van der Waals surface area contributed by atoms with E-state index in [1.807, 2.05) is 29.6 Å². The Balaban J connectivity index is 0.00000169. The van der Waals surface area contributed by atoms with E-state index in [1.165, 1.54) is 11.3 Å². The van der Waals surface area contributed by atoms with Crippen LogP contribution >= 0.6 is 23.7 Å². The third-order valence-electron chi connectivity index (χ3n) is 4.18. The quantitative estimate of drug-likeness (QED) is 0.760. The zero-order chi connectivity index (χ0) is 15.9. The first kappa shape index (κ1) is 16.9. The van der Waals surface area contributed by atoms with Gasteiger partial charge in [0.05, 0.1) is 12.6 Å². The molecular weight excluding hydrogens is 348 g/mol. The van der Waals surface area contributed by atoms with E-state index in [1.54, 1.807) is 7.11 Å². The van der Waals surface area contributed by atoms with Crippen molar-refractivity contribution in [3.05, 3.63) is 35.5 Å². The summed E-state index contributed by atoms with van der Waals surface area (Å²) in [7, 11) is 1.65. The summed E-state index contributed by atoms with van der Waals surface area (Å²) in [4.78, 5) is 9.02. The topological polar surface area (TPSA) is 87.1 Å². The van der Waals surface area contributed by atoms with Gasteiger partial charge in [-0.2, -0.15) is 4.98 Å². The third kappa shape index (κ3) is 2.90. The van der Waals surface area contributed by atoms with E-state index in [9.17, 15) is 0 Å². The third-order valence-corrected chi connectivity index (χ3v) is 5.07. The molecule has 126 valence electrons. The Labute approximate surface area is 149 Å². The highest BCUT2D eigenvalue weighted by Crippen LogP contribution is 2.38. The van der Waals surface area contributed by atoms with Gasteiger partial charge >= 0.3 is 0 Å². The molecule has 2 N–H and O–H groups in total. The molecule has 0 radical (unpaired) electrons. The number of methoxy groups -OCH3 is 1. The van der Waals surface area contributed by atoms with Gasteiger partial charge in [-0.15, -0.1) is 23.7 Å². The van der Waals surface area contributed by atoms with Crippen LogP contribution in [0.4, 0.5) is 0 Å². The van der Waals surface area contributed by atoms with Crippen molar-refractivity contribution in [3.63, 3.8) is 0 Å². The smallest absolute Gasteiger partial charge is 0.277 e. The molecule has 0 atom stereocenters. The lowest BCUT2D eigenvalue weighted by atomic mass is 9.77. The van der Waals surface area contributed by atoms with Crippen LogP contribution in [0.5, 0.6) is 5.75 Å². The normalized spacial score (nSPS) is 15.4. The standard InChI is InChI=1S/C16H16N4O2S.ClH/c1-21-11-5-3-10(4-6-11)14-18-12(9-23-14)13-19-15(20-22-13)16(17)7-2-8-16;/h3-6,9H,2,7-8,17H2,1H3;1H. The molecular formula is C16H17ClN4O2S. The van der Waals surface area contributed by atoms with Crippen molar-refractivity contribution in [1.82, 2.24) is 15.1 Å². The molecule has 0 aliphatic heterocycles. The van der Waals surface area contributed by atoms with Crippen LogP contribution in [0.2, 0.25) is 0 Å². The zero-order valence-corrected chi connectivity index (χ0v) is 14.7. The Bertz CT molecular complexity index is 827. The number of ether oxygens (including phenoxy) is 1. The number of rotatable bonds is 4. The molecule has 0 amide bonds. The summed E-state index contributed by atoms with van der Waals surface area (Å²) in [5, 5.41) is 6.84. The molecule has 1 aromatic carbocycles. The van der Waals surface area contributed by atoms with Crippen molar-refractivity contribution in [2.24, 2.45) is 5.73 Å². The highest BCUT2D eigenvalue weighted by atomic mass is 35.5. The van der Waals surface area contributed by atoms with Crippen LogP contribution in [0.15, 0.2) is 34.2 Å². The van der Waals surface area contributed by atoms with Crippen LogP contribution in [0.25, 0.3) is 22.2 Å². The number of halogens is 1. The van der Waals surface area contributed by atoms with Crippen LogP contribution in [0.1, 0.15) is 25.1 Å². The molecule has 0 unspecified atom stereocenters. The van der Waals surface area contributed by atoms with Gasteiger partial charge in [-0.05, 0) is 43.5 Å². The van der Waals surface area contributed by atoms with Gasteiger partial charge in [0.15, 0.2) is 5.82 Å². The van der Waals surface area contributed by atoms with Gasteiger partial charge in [-0.25, -0.2) is 4.98 Å². The second kappa shape index (κ2) is 6.51. The molecule has 1 aliphatic carbocycles. The molecule has 0 spiro atoms. The van der Waals surface area contributed by atoms with E-state index in [0.717, 1.165) is 35.6 Å². The first-order valence-electron chi connectivity index (χ1n) is 7.41. The van der Waals surface area contributed by atoms with Crippen molar-refractivity contribution in [1.29, 1.82) is 0 Å². The second-order valence-corrected chi connectivity index (χ2v) is 6.56. The number of nitrogens with two attached hydrogens (primary N) is 1. The van der Waals surface area contributed by atoms with Crippen LogP contribution in [-0.2, 0) is 5.54 Å². The predicted molar refractivity (Wildman–Crippen MR) is 94.4 cm³/mol. The molecule has 0 bridgehead atoms. The van der Waals surface area contributed by atoms with Crippen LogP contribution < -0.4 is 10.5 Å². The van der Waals surface area contributed by atoms with Crippen LogP contribution in [0, 0.1) is 0 Å². The minimum atomic E-state index is -0.420. The Kier molecular flexibility index (Phi) is 4.58. The van der Waals surface area contributed by atoms with Gasteiger partial charge in [0.1, 0.15) is 16.5 Å². The van der Waals surface area contributed by atoms with E-state index in [-0.39, 0.29) is 12.4 Å². The lowest BCUT2D eigenvalue weighted by Gasteiger charge is -2.34. The maximum Gasteiger partial charge on any atom is 0.277 e. The van der Waals surface area contributed by atoms with E-state index < -0.39 is 5.54 Å². The van der Waals surface area contributed by atoms with Crippen molar-refractivity contribution < 1.29 is 9.26 Å². The highest BCUT2D eigenvalue weighted by molar-refractivity contribution is 7.13. The van der Waals surface area contributed by atoms with E-state index >= 15 is 0 Å². The minimum absolute atomic E-state index is 0. The molecule has 24 heavy (non-hydrogen) atoms. The van der Waals surface area contributed by atoms with Gasteiger partial charge in [0.2, 0.25) is 0 Å². The highest BCUT2D eigenvalue weighted by Gasteiger charge is 2.39. The summed E-state index contributed by atoms with van der Waals surface area (Å²) in [6.07, 6.45) is 2.92. The largest absolute Gasteiger partial charge is 0.497 e. The second-order valence-electron chi connectivity index (χ2n) is 5.70. The molecule has 2 heterocycles. The SMILES string of the molecule is COc1ccc(-c2nc(-c3nc(C4(N)CCC4)no3)cs2)cc1.Cl. The lowest BCUT2D eigenvalue weighted by molar-refractivity contribution is 0.229. The maximum atomic E-state index is 6.22. The number of aromatic nitrogens is 3. The Hall–Kier alpha value is -1.96. The van der Waals surface area contributed by atoms with Gasteiger partial charge in [0, 0.05) is 10.9 Å². The number of hydrogen-bond acceptors (Lipinski definition) is 7. The summed E-state index contributed by atoms with van der Waals surface area (Å²) in [6.45, 7) is 0. The van der Waals surface area contributed by atoms with Gasteiger partial charge in [0.25, 0.3) is 5.89 Å². The number of nitrogens with zero attached hydrogens (tertiary/aromatic N) is 3. The molecule has 1 aliphatic rings. The fourth-order valence-corrected chi connectivity index (χ4v) is 3.35. The molecule has 1 saturated carbocycles. The summed E-state index contributed by atoms with van der Waals surface area (Å²) in [5.41, 5.74) is 7.51. The van der Waals surface area contributed by atoms with Crippen molar-refractivity contribution in [3.8, 4) is 27.9 Å². The molecule has 6 nitrogen and oxygen atoms in total. The maximum absolute atomic E-state index is 6.22. The van der Waals surface area contributed by atoms with Gasteiger partial charge in [-0.3, -0.25) is 0 Å². The van der Waals surface area contributed by atoms with Gasteiger partial charge < -0.3 is 15.0 Å². The minimum Gasteiger partial charge on any atom is -0.497 e. The van der Waals surface area contributed by atoms with Crippen molar-refractivity contribution >= 4 is 23.7 Å². The summed E-state index contributed by atoms with van der Waals surface area (Å²) in [6, 6.07) is 7.78. The monoisotopic (exact) mass is 364 g/mol. The van der Waals surface area contributed by atoms with E-state index in [2.05, 4.69) is 15.1 Å². The first-order chi connectivity index (χ1) is 11.2. The van der Waals surface area contributed by atoms with E-state index in [4.69, 9.17) is 15.0 Å². The van der Waals surface area contributed by atoms with Crippen molar-refractivity contribution in [2.75, 3.05) is 7.11 Å². The van der Waals surface area contributed by atoms with E-state index in [0.29, 0.717) is 17.4 Å². The summed E-state index contributed by atoms with van der Waals surface area (Å²) in [5.74, 6) is 1.83. The lowest BCUT2D eigenvalue weighted by Crippen LogP contribution is -2.44.